The highest BCUT2D eigenvalue weighted by atomic mass is 16.4. The highest BCUT2D eigenvalue weighted by molar-refractivity contribution is 5.78. The Labute approximate surface area is 175 Å². The first-order chi connectivity index (χ1) is 13.3. The molecule has 0 heterocycles. The third-order valence-corrected chi connectivity index (χ3v) is 7.88. The highest BCUT2D eigenvalue weighted by Crippen LogP contribution is 2.56. The molecule has 3 N–H and O–H groups in total. The van der Waals surface area contributed by atoms with E-state index in [1.165, 1.54) is 6.42 Å². The Kier molecular flexibility index (Phi) is 5.45. The molecule has 4 nitrogen and oxygen atoms in total. The summed E-state index contributed by atoms with van der Waals surface area (Å²) >= 11 is 0. The lowest BCUT2D eigenvalue weighted by Gasteiger charge is -2.45. The molecule has 162 valence electrons. The molecule has 0 spiro atoms. The molecule has 29 heavy (non-hydrogen) atoms. The summed E-state index contributed by atoms with van der Waals surface area (Å²) < 4.78 is 0. The van der Waals surface area contributed by atoms with E-state index >= 15 is 0 Å². The summed E-state index contributed by atoms with van der Waals surface area (Å²) in [7, 11) is 0. The van der Waals surface area contributed by atoms with E-state index < -0.39 is 22.7 Å². The molecule has 1 fully saturated rings. The number of fused-ring (bicyclic) bond motifs is 1. The Balaban J connectivity index is 2.33. The molecular formula is C25H38O4. The highest BCUT2D eigenvalue weighted by Gasteiger charge is 2.51. The van der Waals surface area contributed by atoms with Gasteiger partial charge in [-0.05, 0) is 65.7 Å². The molecule has 0 amide bonds. The van der Waals surface area contributed by atoms with Gasteiger partial charge in [0.15, 0.2) is 0 Å². The molecule has 0 bridgehead atoms. The van der Waals surface area contributed by atoms with Crippen LogP contribution in [0.1, 0.15) is 102 Å². The van der Waals surface area contributed by atoms with Crippen molar-refractivity contribution in [2.75, 3.05) is 13.2 Å². The van der Waals surface area contributed by atoms with E-state index in [1.807, 2.05) is 13.8 Å². The molecule has 1 aromatic rings. The van der Waals surface area contributed by atoms with Crippen LogP contribution in [0.2, 0.25) is 0 Å². The second-order valence-corrected chi connectivity index (χ2v) is 11.4. The maximum atomic E-state index is 12.2. The lowest BCUT2D eigenvalue weighted by atomic mass is 9.59. The normalized spacial score (nSPS) is 34.6. The second-order valence-electron chi connectivity index (χ2n) is 11.4. The van der Waals surface area contributed by atoms with Crippen molar-refractivity contribution < 1.29 is 20.1 Å². The van der Waals surface area contributed by atoms with Crippen molar-refractivity contribution >= 4 is 5.97 Å². The largest absolute Gasteiger partial charge is 0.481 e. The van der Waals surface area contributed by atoms with Gasteiger partial charge in [-0.3, -0.25) is 4.79 Å². The Morgan fingerprint density at radius 2 is 1.55 bits per heavy atom. The number of aliphatic hydroxyl groups is 2. The average molecular weight is 403 g/mol. The zero-order valence-electron chi connectivity index (χ0n) is 18.9. The van der Waals surface area contributed by atoms with Crippen LogP contribution < -0.4 is 0 Å². The van der Waals surface area contributed by atoms with E-state index in [4.69, 9.17) is 0 Å². The fraction of sp³-hybridized carbons (Fsp3) is 0.720. The van der Waals surface area contributed by atoms with Gasteiger partial charge in [0.25, 0.3) is 0 Å². The van der Waals surface area contributed by atoms with Crippen LogP contribution in [0.4, 0.5) is 0 Å². The molecule has 2 aliphatic carbocycles. The minimum Gasteiger partial charge on any atom is -0.481 e. The van der Waals surface area contributed by atoms with E-state index in [2.05, 4.69) is 32.9 Å². The van der Waals surface area contributed by atoms with Gasteiger partial charge in [-0.15, -0.1) is 0 Å². The molecule has 0 aliphatic heterocycles. The van der Waals surface area contributed by atoms with Crippen molar-refractivity contribution in [3.05, 3.63) is 34.4 Å². The zero-order chi connectivity index (χ0) is 21.8. The SMILES string of the molecule is C[C@@H](C(=O)O)c1c([C@@]2(C)CCCC(C)(C)C2)ccc2c1[C@@](C)(CO)C[C@@]2(C)CO. The van der Waals surface area contributed by atoms with Gasteiger partial charge < -0.3 is 15.3 Å². The third-order valence-electron chi connectivity index (χ3n) is 7.88. The van der Waals surface area contributed by atoms with Gasteiger partial charge in [-0.1, -0.05) is 53.2 Å². The molecule has 4 heteroatoms. The molecule has 0 unspecified atom stereocenters. The van der Waals surface area contributed by atoms with Gasteiger partial charge >= 0.3 is 5.97 Å². The van der Waals surface area contributed by atoms with Crippen LogP contribution in [0, 0.1) is 5.41 Å². The molecular weight excluding hydrogens is 364 g/mol. The number of hydrogen-bond acceptors (Lipinski definition) is 3. The number of benzene rings is 1. The number of aliphatic hydroxyl groups excluding tert-OH is 2. The van der Waals surface area contributed by atoms with Gasteiger partial charge in [0.2, 0.25) is 0 Å². The maximum Gasteiger partial charge on any atom is 0.310 e. The van der Waals surface area contributed by atoms with E-state index in [-0.39, 0.29) is 24.0 Å². The number of aliphatic carboxylic acids is 1. The first kappa shape index (κ1) is 22.3. The molecule has 1 saturated carbocycles. The van der Waals surface area contributed by atoms with Crippen molar-refractivity contribution in [2.24, 2.45) is 5.41 Å². The third kappa shape index (κ3) is 3.53. The van der Waals surface area contributed by atoms with Crippen LogP contribution in [-0.2, 0) is 21.0 Å². The Hall–Kier alpha value is -1.39. The summed E-state index contributed by atoms with van der Waals surface area (Å²) in [5, 5.41) is 30.5. The van der Waals surface area contributed by atoms with Crippen LogP contribution in [0.15, 0.2) is 12.1 Å². The van der Waals surface area contributed by atoms with Gasteiger partial charge in [0, 0.05) is 10.8 Å². The fourth-order valence-electron chi connectivity index (χ4n) is 6.61. The van der Waals surface area contributed by atoms with E-state index in [9.17, 15) is 20.1 Å². The van der Waals surface area contributed by atoms with Crippen molar-refractivity contribution in [1.29, 1.82) is 0 Å². The van der Waals surface area contributed by atoms with Crippen molar-refractivity contribution in [3.63, 3.8) is 0 Å². The first-order valence-electron chi connectivity index (χ1n) is 11.0. The van der Waals surface area contributed by atoms with Crippen LogP contribution in [0.5, 0.6) is 0 Å². The van der Waals surface area contributed by atoms with Crippen molar-refractivity contribution in [2.45, 2.75) is 95.8 Å². The predicted octanol–water partition coefficient (Wildman–Crippen LogP) is 4.64. The molecule has 1 aromatic carbocycles. The lowest BCUT2D eigenvalue weighted by molar-refractivity contribution is -0.138. The summed E-state index contributed by atoms with van der Waals surface area (Å²) in [5.74, 6) is -1.50. The standard InChI is InChI=1S/C25H38O4/c1-16(21(28)29)19-17(23(4)11-7-10-22(2,3)12-23)8-9-18-20(19)25(6,15-27)13-24(18,5)14-26/h8-9,16,26-27H,7,10-15H2,1-6H3,(H,28,29)/t16-,23+,24+,25-/m1/s1. The predicted molar refractivity (Wildman–Crippen MR) is 116 cm³/mol. The van der Waals surface area contributed by atoms with Crippen LogP contribution in [-0.4, -0.2) is 34.5 Å². The minimum absolute atomic E-state index is 0.0138. The monoisotopic (exact) mass is 402 g/mol. The molecule has 3 rings (SSSR count). The summed E-state index contributed by atoms with van der Waals surface area (Å²) in [4.78, 5) is 12.2. The minimum atomic E-state index is -0.837. The summed E-state index contributed by atoms with van der Waals surface area (Å²) in [6.07, 6.45) is 5.00. The maximum absolute atomic E-state index is 12.2. The quantitative estimate of drug-likeness (QED) is 0.671. The molecule has 0 radical (unpaired) electrons. The van der Waals surface area contributed by atoms with E-state index in [1.54, 1.807) is 6.92 Å². The van der Waals surface area contributed by atoms with Crippen LogP contribution >= 0.6 is 0 Å². The lowest BCUT2D eigenvalue weighted by Crippen LogP contribution is -2.37. The van der Waals surface area contributed by atoms with Crippen molar-refractivity contribution in [1.82, 2.24) is 0 Å². The Bertz CT molecular complexity index is 813. The number of rotatable bonds is 5. The molecule has 0 saturated heterocycles. The Morgan fingerprint density at radius 3 is 2.07 bits per heavy atom. The topological polar surface area (TPSA) is 77.8 Å². The van der Waals surface area contributed by atoms with Crippen LogP contribution in [0.3, 0.4) is 0 Å². The number of carbonyl (C=O) groups is 1. The number of hydrogen-bond donors (Lipinski definition) is 3. The van der Waals surface area contributed by atoms with E-state index in [0.717, 1.165) is 41.5 Å². The molecule has 4 atom stereocenters. The number of carboxylic acids is 1. The molecule has 0 aromatic heterocycles. The van der Waals surface area contributed by atoms with Crippen LogP contribution in [0.25, 0.3) is 0 Å². The van der Waals surface area contributed by atoms with Gasteiger partial charge in [-0.2, -0.15) is 0 Å². The summed E-state index contributed by atoms with van der Waals surface area (Å²) in [5.41, 5.74) is 3.08. The van der Waals surface area contributed by atoms with E-state index in [0.29, 0.717) is 6.42 Å². The van der Waals surface area contributed by atoms with Crippen molar-refractivity contribution in [3.8, 4) is 0 Å². The Morgan fingerprint density at radius 1 is 0.966 bits per heavy atom. The zero-order valence-corrected chi connectivity index (χ0v) is 18.9. The first-order valence-corrected chi connectivity index (χ1v) is 11.0. The van der Waals surface area contributed by atoms with Gasteiger partial charge in [-0.25, -0.2) is 0 Å². The molecule has 2 aliphatic rings. The second kappa shape index (κ2) is 7.09. The number of carboxylic acid groups (broad SMARTS) is 1. The summed E-state index contributed by atoms with van der Waals surface area (Å²) in [6.45, 7) is 12.6. The van der Waals surface area contributed by atoms with Gasteiger partial charge in [0.1, 0.15) is 0 Å². The smallest absolute Gasteiger partial charge is 0.310 e. The summed E-state index contributed by atoms with van der Waals surface area (Å²) in [6, 6.07) is 4.23. The van der Waals surface area contributed by atoms with Gasteiger partial charge in [0.05, 0.1) is 19.1 Å². The fourth-order valence-corrected chi connectivity index (χ4v) is 6.61. The average Bonchev–Trinajstić information content (AvgIpc) is 2.88.